The van der Waals surface area contributed by atoms with Crippen LogP contribution < -0.4 is 32.3 Å². The minimum atomic E-state index is -0.805. The third-order valence-corrected chi connectivity index (χ3v) is 5.20. The highest BCUT2D eigenvalue weighted by atomic mass is 35.5. The molecular formula is C25H39Cl3F2N6O3. The molecule has 0 aromatic heterocycles. The van der Waals surface area contributed by atoms with Gasteiger partial charge >= 0.3 is 12.0 Å². The second-order valence-electron chi connectivity index (χ2n) is 8.09. The molecule has 222 valence electrons. The number of urea groups is 1. The number of carbonyl (C=O) groups is 2. The fraction of sp³-hybridized carbons (Fsp3) is 0.440. The summed E-state index contributed by atoms with van der Waals surface area (Å²) in [6.07, 6.45) is 3.86. The van der Waals surface area contributed by atoms with E-state index in [1.54, 1.807) is 0 Å². The predicted molar refractivity (Wildman–Crippen MR) is 160 cm³/mol. The van der Waals surface area contributed by atoms with Gasteiger partial charge < -0.3 is 37.1 Å². The Morgan fingerprint density at radius 1 is 0.821 bits per heavy atom. The first-order valence-corrected chi connectivity index (χ1v) is 12.1. The topological polar surface area (TPSA) is 130 Å². The number of unbranched alkanes of at least 4 members (excludes halogenated alkanes) is 1. The fourth-order valence-electron chi connectivity index (χ4n) is 3.36. The van der Waals surface area contributed by atoms with Crippen LogP contribution in [0.15, 0.2) is 36.4 Å². The van der Waals surface area contributed by atoms with Gasteiger partial charge in [-0.25, -0.2) is 18.4 Å². The summed E-state index contributed by atoms with van der Waals surface area (Å²) in [7, 11) is 1.16. The maximum absolute atomic E-state index is 14.6. The number of ether oxygens (including phenoxy) is 1. The summed E-state index contributed by atoms with van der Waals surface area (Å²) in [5.74, 6) is -1.97. The summed E-state index contributed by atoms with van der Waals surface area (Å²) in [6, 6.07) is 6.96. The van der Waals surface area contributed by atoms with Gasteiger partial charge in [-0.15, -0.1) is 37.2 Å². The zero-order valence-electron chi connectivity index (χ0n) is 21.8. The molecule has 0 spiro atoms. The molecule has 0 aliphatic carbocycles. The average Bonchev–Trinajstić information content (AvgIpc) is 2.85. The Bertz CT molecular complexity index is 992. The largest absolute Gasteiger partial charge is 0.465 e. The van der Waals surface area contributed by atoms with E-state index in [-0.39, 0.29) is 59.8 Å². The Kier molecular flexibility index (Phi) is 22.3. The molecule has 0 saturated carbocycles. The lowest BCUT2D eigenvalue weighted by atomic mass is 10.1. The zero-order chi connectivity index (χ0) is 26.2. The second kappa shape index (κ2) is 22.4. The van der Waals surface area contributed by atoms with E-state index in [4.69, 9.17) is 10.5 Å². The highest BCUT2D eigenvalue weighted by Crippen LogP contribution is 2.26. The Morgan fingerprint density at radius 2 is 1.46 bits per heavy atom. The Morgan fingerprint density at radius 3 is 2.08 bits per heavy atom. The van der Waals surface area contributed by atoms with E-state index >= 15 is 0 Å². The van der Waals surface area contributed by atoms with Gasteiger partial charge in [0.15, 0.2) is 0 Å². The maximum atomic E-state index is 14.6. The first-order chi connectivity index (χ1) is 17.4. The molecule has 0 heterocycles. The lowest BCUT2D eigenvalue weighted by Crippen LogP contribution is -2.23. The summed E-state index contributed by atoms with van der Waals surface area (Å²) >= 11 is 0. The minimum absolute atomic E-state index is 0. The predicted octanol–water partition coefficient (Wildman–Crippen LogP) is 4.77. The number of benzene rings is 2. The van der Waals surface area contributed by atoms with Crippen LogP contribution in [0.2, 0.25) is 0 Å². The molecule has 0 atom stereocenters. The van der Waals surface area contributed by atoms with Crippen molar-refractivity contribution in [2.45, 2.75) is 25.7 Å². The van der Waals surface area contributed by atoms with Gasteiger partial charge in [0.1, 0.15) is 11.6 Å². The molecule has 2 amide bonds. The molecule has 9 nitrogen and oxygen atoms in total. The van der Waals surface area contributed by atoms with Crippen molar-refractivity contribution < 1.29 is 23.1 Å². The van der Waals surface area contributed by atoms with Crippen LogP contribution in [0, 0.1) is 11.6 Å². The van der Waals surface area contributed by atoms with Gasteiger partial charge in [-0.05, 0) is 88.7 Å². The number of carbonyl (C=O) groups excluding carboxylic acids is 2. The molecule has 39 heavy (non-hydrogen) atoms. The van der Waals surface area contributed by atoms with Gasteiger partial charge in [-0.3, -0.25) is 0 Å². The quantitative estimate of drug-likeness (QED) is 0.119. The van der Waals surface area contributed by atoms with E-state index in [2.05, 4.69) is 26.6 Å². The van der Waals surface area contributed by atoms with Crippen LogP contribution in [0.5, 0.6) is 0 Å². The van der Waals surface area contributed by atoms with E-state index in [1.165, 1.54) is 24.3 Å². The van der Waals surface area contributed by atoms with E-state index in [9.17, 15) is 18.4 Å². The lowest BCUT2D eigenvalue weighted by molar-refractivity contribution is 0.0601. The number of rotatable bonds is 16. The maximum Gasteiger partial charge on any atom is 0.340 e. The van der Waals surface area contributed by atoms with Crippen LogP contribution in [-0.4, -0.2) is 58.4 Å². The number of amides is 2. The van der Waals surface area contributed by atoms with Crippen molar-refractivity contribution in [2.75, 3.05) is 62.3 Å². The van der Waals surface area contributed by atoms with Crippen LogP contribution in [0.25, 0.3) is 0 Å². The monoisotopic (exact) mass is 614 g/mol. The molecule has 0 radical (unpaired) electrons. The molecule has 7 N–H and O–H groups in total. The van der Waals surface area contributed by atoms with Crippen molar-refractivity contribution in [3.05, 3.63) is 53.6 Å². The van der Waals surface area contributed by atoms with Gasteiger partial charge in [0.25, 0.3) is 0 Å². The zero-order valence-corrected chi connectivity index (χ0v) is 24.3. The highest BCUT2D eigenvalue weighted by molar-refractivity contribution is 6.05. The van der Waals surface area contributed by atoms with E-state index in [0.717, 1.165) is 71.1 Å². The molecule has 2 rings (SSSR count). The van der Waals surface area contributed by atoms with Gasteiger partial charge in [-0.2, -0.15) is 0 Å². The van der Waals surface area contributed by atoms with Gasteiger partial charge in [0, 0.05) is 12.2 Å². The van der Waals surface area contributed by atoms with Crippen molar-refractivity contribution in [1.82, 2.24) is 10.6 Å². The summed E-state index contributed by atoms with van der Waals surface area (Å²) in [5.41, 5.74) is 5.72. The Balaban J connectivity index is 0. The van der Waals surface area contributed by atoms with E-state index in [0.29, 0.717) is 13.1 Å². The molecule has 0 aliphatic rings. The summed E-state index contributed by atoms with van der Waals surface area (Å²) in [5, 5.41) is 14.7. The van der Waals surface area contributed by atoms with Crippen molar-refractivity contribution in [1.29, 1.82) is 0 Å². The average molecular weight is 616 g/mol. The molecule has 0 bridgehead atoms. The second-order valence-corrected chi connectivity index (χ2v) is 8.09. The smallest absolute Gasteiger partial charge is 0.340 e. The number of hydrogen-bond donors (Lipinski definition) is 6. The Labute approximate surface area is 247 Å². The molecule has 0 unspecified atom stereocenters. The summed E-state index contributed by atoms with van der Waals surface area (Å²) in [4.78, 5) is 24.5. The summed E-state index contributed by atoms with van der Waals surface area (Å²) in [6.45, 7) is 4.76. The fourth-order valence-corrected chi connectivity index (χ4v) is 3.36. The number of anilines is 3. The van der Waals surface area contributed by atoms with Crippen molar-refractivity contribution >= 4 is 66.3 Å². The number of nitrogens with one attached hydrogen (secondary N) is 5. The van der Waals surface area contributed by atoms with Gasteiger partial charge in [0.2, 0.25) is 0 Å². The SMILES string of the molecule is COC(=O)c1cc(F)c(NCCCNCCCCNCCCN)cc1NC(=O)Nc1cccc(F)c1.Cl.Cl.Cl. The number of nitrogens with two attached hydrogens (primary N) is 1. The van der Waals surface area contributed by atoms with Crippen molar-refractivity contribution in [3.8, 4) is 0 Å². The number of halogens is 5. The number of esters is 1. The third kappa shape index (κ3) is 15.1. The van der Waals surface area contributed by atoms with Crippen LogP contribution in [0.1, 0.15) is 36.0 Å². The first-order valence-electron chi connectivity index (χ1n) is 12.1. The van der Waals surface area contributed by atoms with Crippen LogP contribution in [-0.2, 0) is 4.74 Å². The number of methoxy groups -OCH3 is 1. The minimum Gasteiger partial charge on any atom is -0.465 e. The molecule has 0 fully saturated rings. The Hall–Kier alpha value is -2.41. The summed E-state index contributed by atoms with van der Waals surface area (Å²) < 4.78 is 32.7. The molecule has 0 aliphatic heterocycles. The normalized spacial score (nSPS) is 9.85. The highest BCUT2D eigenvalue weighted by Gasteiger charge is 2.18. The third-order valence-electron chi connectivity index (χ3n) is 5.20. The molecular weight excluding hydrogens is 577 g/mol. The standard InChI is InChI=1S/C25H36F2N6O3.3ClH/c1-36-24(34)20-16-21(27)23(31-14-6-13-30-11-3-2-10-29-12-5-9-28)17-22(20)33-25(35)32-19-8-4-7-18(26)15-19;;;/h4,7-8,15-17,29-31H,2-3,5-6,9-14,28H2,1H3,(H2,32,33,35);3*1H. The lowest BCUT2D eigenvalue weighted by Gasteiger charge is -2.15. The van der Waals surface area contributed by atoms with Crippen LogP contribution in [0.4, 0.5) is 30.6 Å². The van der Waals surface area contributed by atoms with Gasteiger partial charge in [0.05, 0.1) is 24.0 Å². The van der Waals surface area contributed by atoms with Crippen molar-refractivity contribution in [3.63, 3.8) is 0 Å². The molecule has 2 aromatic carbocycles. The molecule has 0 saturated heterocycles. The van der Waals surface area contributed by atoms with Crippen LogP contribution in [0.3, 0.4) is 0 Å². The van der Waals surface area contributed by atoms with Crippen molar-refractivity contribution in [2.24, 2.45) is 5.73 Å². The molecule has 14 heteroatoms. The number of hydrogen-bond acceptors (Lipinski definition) is 7. The molecule has 2 aromatic rings. The first kappa shape index (κ1) is 38.7. The van der Waals surface area contributed by atoms with Gasteiger partial charge in [-0.1, -0.05) is 6.07 Å². The van der Waals surface area contributed by atoms with E-state index in [1.807, 2.05) is 0 Å². The van der Waals surface area contributed by atoms with E-state index < -0.39 is 23.6 Å². The van der Waals surface area contributed by atoms with Crippen LogP contribution >= 0.6 is 37.2 Å².